The number of piperidine rings is 1. The smallest absolute Gasteiger partial charge is 0.251 e. The highest BCUT2D eigenvalue weighted by atomic mass is 19.1. The molecule has 0 unspecified atom stereocenters. The molecule has 148 valence electrons. The molecule has 6 nitrogen and oxygen atoms in total. The number of carbonyl (C=O) groups excluding carboxylic acids is 2. The van der Waals surface area contributed by atoms with Gasteiger partial charge < -0.3 is 20.1 Å². The summed E-state index contributed by atoms with van der Waals surface area (Å²) < 4.78 is 19.2. The molecule has 0 spiro atoms. The Kier molecular flexibility index (Phi) is 6.79. The van der Waals surface area contributed by atoms with E-state index in [4.69, 9.17) is 4.74 Å². The molecule has 2 heterocycles. The van der Waals surface area contributed by atoms with Gasteiger partial charge in [-0.2, -0.15) is 0 Å². The third kappa shape index (κ3) is 5.26. The molecular formula is C20H27FN2O4. The molecule has 1 aromatic rings. The van der Waals surface area contributed by atoms with E-state index in [2.05, 4.69) is 5.32 Å². The molecule has 0 aromatic heterocycles. The fourth-order valence-corrected chi connectivity index (χ4v) is 3.80. The van der Waals surface area contributed by atoms with E-state index >= 15 is 0 Å². The Morgan fingerprint density at radius 1 is 1.22 bits per heavy atom. The normalized spacial score (nSPS) is 25.9. The lowest BCUT2D eigenvalue weighted by Crippen LogP contribution is -2.51. The summed E-state index contributed by atoms with van der Waals surface area (Å²) in [6.45, 7) is 1.37. The molecule has 2 fully saturated rings. The minimum atomic E-state index is -0.574. The highest BCUT2D eigenvalue weighted by Crippen LogP contribution is 2.23. The van der Waals surface area contributed by atoms with Crippen LogP contribution < -0.4 is 5.32 Å². The number of carbonyl (C=O) groups is 2. The monoisotopic (exact) mass is 378 g/mol. The number of amides is 2. The lowest BCUT2D eigenvalue weighted by molar-refractivity contribution is -0.141. The van der Waals surface area contributed by atoms with E-state index in [0.29, 0.717) is 19.3 Å². The first-order valence-corrected chi connectivity index (χ1v) is 9.67. The molecule has 3 rings (SSSR count). The zero-order valence-corrected chi connectivity index (χ0v) is 15.4. The molecule has 0 saturated carbocycles. The molecule has 1 aromatic carbocycles. The second kappa shape index (κ2) is 9.28. The summed E-state index contributed by atoms with van der Waals surface area (Å²) in [5.74, 6) is -0.777. The van der Waals surface area contributed by atoms with Gasteiger partial charge in [0.25, 0.3) is 5.91 Å². The van der Waals surface area contributed by atoms with Gasteiger partial charge in [0.05, 0.1) is 25.2 Å². The number of hydrogen-bond acceptors (Lipinski definition) is 4. The van der Waals surface area contributed by atoms with Gasteiger partial charge in [-0.25, -0.2) is 4.39 Å². The topological polar surface area (TPSA) is 78.9 Å². The number of benzene rings is 1. The van der Waals surface area contributed by atoms with Crippen LogP contribution in [-0.2, 0) is 9.53 Å². The largest absolute Gasteiger partial charge is 0.394 e. The summed E-state index contributed by atoms with van der Waals surface area (Å²) >= 11 is 0. The summed E-state index contributed by atoms with van der Waals surface area (Å²) in [6, 6.07) is 5.10. The van der Waals surface area contributed by atoms with E-state index in [9.17, 15) is 19.1 Å². The third-order valence-corrected chi connectivity index (χ3v) is 5.31. The van der Waals surface area contributed by atoms with Crippen molar-refractivity contribution in [3.8, 4) is 0 Å². The number of rotatable bonds is 5. The van der Waals surface area contributed by atoms with Crippen LogP contribution in [0.25, 0.3) is 0 Å². The van der Waals surface area contributed by atoms with Gasteiger partial charge >= 0.3 is 0 Å². The highest BCUT2D eigenvalue weighted by molar-refractivity contribution is 5.94. The average molecular weight is 378 g/mol. The van der Waals surface area contributed by atoms with Gasteiger partial charge in [-0.15, -0.1) is 0 Å². The molecule has 2 aliphatic rings. The molecule has 7 heteroatoms. The Balaban J connectivity index is 1.53. The molecular weight excluding hydrogens is 351 g/mol. The number of nitrogens with zero attached hydrogens (tertiary/aromatic N) is 1. The Labute approximate surface area is 158 Å². The first-order chi connectivity index (χ1) is 13.1. The van der Waals surface area contributed by atoms with Gasteiger partial charge in [0.2, 0.25) is 5.91 Å². The van der Waals surface area contributed by atoms with Crippen molar-refractivity contribution < 1.29 is 23.8 Å². The molecule has 2 aliphatic heterocycles. The summed E-state index contributed by atoms with van der Waals surface area (Å²) in [6.07, 6.45) is 3.97. The van der Waals surface area contributed by atoms with Crippen LogP contribution in [0.3, 0.4) is 0 Å². The Hall–Kier alpha value is -1.99. The molecule has 2 amide bonds. The zero-order chi connectivity index (χ0) is 19.2. The predicted molar refractivity (Wildman–Crippen MR) is 97.7 cm³/mol. The van der Waals surface area contributed by atoms with Crippen LogP contribution in [0.1, 0.15) is 48.9 Å². The van der Waals surface area contributed by atoms with Gasteiger partial charge in [-0.05, 0) is 50.3 Å². The number of hydrogen-bond donors (Lipinski definition) is 2. The lowest BCUT2D eigenvalue weighted by Gasteiger charge is -2.37. The Bertz CT molecular complexity index is 663. The lowest BCUT2D eigenvalue weighted by atomic mass is 9.96. The minimum Gasteiger partial charge on any atom is -0.394 e. The fourth-order valence-electron chi connectivity index (χ4n) is 3.80. The summed E-state index contributed by atoms with van der Waals surface area (Å²) in [5, 5.41) is 12.5. The Morgan fingerprint density at radius 2 is 2.00 bits per heavy atom. The number of likely N-dealkylation sites (tertiary alicyclic amines) is 1. The molecule has 0 aliphatic carbocycles. The van der Waals surface area contributed by atoms with Crippen LogP contribution in [0.5, 0.6) is 0 Å². The summed E-state index contributed by atoms with van der Waals surface area (Å²) in [7, 11) is 0. The van der Waals surface area contributed by atoms with E-state index in [-0.39, 0.29) is 30.2 Å². The third-order valence-electron chi connectivity index (χ3n) is 5.31. The van der Waals surface area contributed by atoms with Crippen molar-refractivity contribution in [1.82, 2.24) is 10.2 Å². The van der Waals surface area contributed by atoms with Crippen molar-refractivity contribution in [3.63, 3.8) is 0 Å². The van der Waals surface area contributed by atoms with Gasteiger partial charge in [0, 0.05) is 18.7 Å². The number of nitrogens with one attached hydrogen (secondary N) is 1. The van der Waals surface area contributed by atoms with Crippen LogP contribution in [0, 0.1) is 5.82 Å². The molecule has 2 N–H and O–H groups in total. The predicted octanol–water partition coefficient (Wildman–Crippen LogP) is 1.87. The fraction of sp³-hybridized carbons (Fsp3) is 0.600. The van der Waals surface area contributed by atoms with Gasteiger partial charge in [0.1, 0.15) is 11.9 Å². The van der Waals surface area contributed by atoms with E-state index < -0.39 is 17.8 Å². The van der Waals surface area contributed by atoms with Crippen molar-refractivity contribution in [2.24, 2.45) is 0 Å². The molecule has 3 atom stereocenters. The maximum absolute atomic E-state index is 13.3. The molecule has 0 bridgehead atoms. The second-order valence-electron chi connectivity index (χ2n) is 7.29. The van der Waals surface area contributed by atoms with Gasteiger partial charge in [0.15, 0.2) is 0 Å². The van der Waals surface area contributed by atoms with E-state index in [0.717, 1.165) is 25.9 Å². The molecule has 27 heavy (non-hydrogen) atoms. The van der Waals surface area contributed by atoms with Gasteiger partial charge in [-0.3, -0.25) is 9.59 Å². The first-order valence-electron chi connectivity index (χ1n) is 9.67. The standard InChI is InChI=1S/C20H27FN2O4/c21-15-6-4-5-14(11-15)20(26)22-17-8-7-16(27-18(17)13-24)12-19(25)23-9-2-1-3-10-23/h4-6,11,16-18,24H,1-3,7-10,12-13H2,(H,22,26)/t16-,17+,18-/m1/s1. The van der Waals surface area contributed by atoms with Crippen LogP contribution in [0.4, 0.5) is 4.39 Å². The molecule has 2 saturated heterocycles. The first kappa shape index (κ1) is 19.8. The van der Waals surface area contributed by atoms with Crippen molar-refractivity contribution in [3.05, 3.63) is 35.6 Å². The van der Waals surface area contributed by atoms with E-state index in [1.165, 1.54) is 30.7 Å². The number of aliphatic hydroxyl groups is 1. The van der Waals surface area contributed by atoms with E-state index in [1.54, 1.807) is 0 Å². The quantitative estimate of drug-likeness (QED) is 0.820. The SMILES string of the molecule is O=C(N[C@H]1CC[C@H](CC(=O)N2CCCCC2)O[C@@H]1CO)c1cccc(F)c1. The maximum atomic E-state index is 13.3. The van der Waals surface area contributed by atoms with Crippen LogP contribution in [0.2, 0.25) is 0 Å². The summed E-state index contributed by atoms with van der Waals surface area (Å²) in [5.41, 5.74) is 0.231. The van der Waals surface area contributed by atoms with E-state index in [1.807, 2.05) is 4.90 Å². The van der Waals surface area contributed by atoms with Crippen LogP contribution >= 0.6 is 0 Å². The molecule has 0 radical (unpaired) electrons. The minimum absolute atomic E-state index is 0.0960. The number of halogens is 1. The average Bonchev–Trinajstić information content (AvgIpc) is 2.69. The van der Waals surface area contributed by atoms with Crippen molar-refractivity contribution in [2.45, 2.75) is 56.8 Å². The summed E-state index contributed by atoms with van der Waals surface area (Å²) in [4.78, 5) is 26.6. The van der Waals surface area contributed by atoms with Gasteiger partial charge in [-0.1, -0.05) is 6.07 Å². The number of aliphatic hydroxyl groups excluding tert-OH is 1. The Morgan fingerprint density at radius 3 is 2.70 bits per heavy atom. The second-order valence-corrected chi connectivity index (χ2v) is 7.29. The highest BCUT2D eigenvalue weighted by Gasteiger charge is 2.33. The van der Waals surface area contributed by atoms with Crippen molar-refractivity contribution in [1.29, 1.82) is 0 Å². The van der Waals surface area contributed by atoms with Crippen LogP contribution in [-0.4, -0.2) is 59.8 Å². The van der Waals surface area contributed by atoms with Crippen molar-refractivity contribution in [2.75, 3.05) is 19.7 Å². The zero-order valence-electron chi connectivity index (χ0n) is 15.4. The van der Waals surface area contributed by atoms with Crippen molar-refractivity contribution >= 4 is 11.8 Å². The number of ether oxygens (including phenoxy) is 1. The maximum Gasteiger partial charge on any atom is 0.251 e. The van der Waals surface area contributed by atoms with Crippen LogP contribution in [0.15, 0.2) is 24.3 Å².